The molecular formula is C21H24BrN3O2S. The number of carbonyl (C=O) groups is 1. The van der Waals surface area contributed by atoms with Crippen molar-refractivity contribution in [1.29, 1.82) is 5.26 Å². The fraction of sp³-hybridized carbons (Fsp3) is 0.524. The van der Waals surface area contributed by atoms with Crippen LogP contribution in [-0.2, 0) is 4.79 Å². The van der Waals surface area contributed by atoms with Gasteiger partial charge in [-0.25, -0.2) is 0 Å². The number of thioether (sulfide) groups is 1. The molecule has 1 aromatic rings. The van der Waals surface area contributed by atoms with Gasteiger partial charge in [0.25, 0.3) is 0 Å². The van der Waals surface area contributed by atoms with Crippen molar-refractivity contribution < 1.29 is 9.53 Å². The van der Waals surface area contributed by atoms with Crippen LogP contribution >= 0.6 is 27.7 Å². The summed E-state index contributed by atoms with van der Waals surface area (Å²) in [4.78, 5) is 17.3. The molecule has 0 radical (unpaired) electrons. The van der Waals surface area contributed by atoms with E-state index in [2.05, 4.69) is 26.9 Å². The van der Waals surface area contributed by atoms with E-state index in [1.165, 1.54) is 32.1 Å². The molecule has 0 bridgehead atoms. The van der Waals surface area contributed by atoms with Crippen LogP contribution in [0.25, 0.3) is 0 Å². The van der Waals surface area contributed by atoms with E-state index in [0.29, 0.717) is 30.5 Å². The highest BCUT2D eigenvalue weighted by atomic mass is 79.9. The third kappa shape index (κ3) is 3.70. The molecule has 1 atom stereocenters. The molecule has 0 aromatic heterocycles. The average molecular weight is 462 g/mol. The Labute approximate surface area is 178 Å². The van der Waals surface area contributed by atoms with Gasteiger partial charge in [-0.1, -0.05) is 47.0 Å². The highest BCUT2D eigenvalue weighted by molar-refractivity contribution is 9.10. The van der Waals surface area contributed by atoms with Crippen molar-refractivity contribution in [2.45, 2.75) is 50.5 Å². The molecule has 1 amide bonds. The molecule has 3 aliphatic rings. The number of hydrogen-bond acceptors (Lipinski definition) is 5. The van der Waals surface area contributed by atoms with E-state index in [4.69, 9.17) is 4.74 Å². The summed E-state index contributed by atoms with van der Waals surface area (Å²) < 4.78 is 6.44. The lowest BCUT2D eigenvalue weighted by molar-refractivity contribution is -0.132. The summed E-state index contributed by atoms with van der Waals surface area (Å²) in [5.74, 6) is 1.39. The highest BCUT2D eigenvalue weighted by Gasteiger charge is 2.40. The Morgan fingerprint density at radius 1 is 1.29 bits per heavy atom. The number of rotatable bonds is 3. The number of methoxy groups -OCH3 is 1. The lowest BCUT2D eigenvalue weighted by Crippen LogP contribution is -2.51. The van der Waals surface area contributed by atoms with Gasteiger partial charge in [0.1, 0.15) is 5.75 Å². The summed E-state index contributed by atoms with van der Waals surface area (Å²) in [7, 11) is 1.63. The maximum absolute atomic E-state index is 13.1. The zero-order valence-electron chi connectivity index (χ0n) is 16.0. The zero-order valence-corrected chi connectivity index (χ0v) is 18.4. The molecule has 1 unspecified atom stereocenters. The standard InChI is InChI=1S/C21H24BrN3O2S/c1-27-19-8-7-14(22)9-17(19)16-10-20(26)25-12-24(15-5-3-2-4-6-15)13-28-21(25)18(16)11-23/h7-9,15-16H,2-6,10,12-13H2,1H3. The molecule has 5 nitrogen and oxygen atoms in total. The number of allylic oxidation sites excluding steroid dienone is 1. The second-order valence-corrected chi connectivity index (χ2v) is 9.44. The number of amides is 1. The minimum Gasteiger partial charge on any atom is -0.496 e. The minimum absolute atomic E-state index is 0.0917. The summed E-state index contributed by atoms with van der Waals surface area (Å²) in [5.41, 5.74) is 1.58. The van der Waals surface area contributed by atoms with Crippen LogP contribution in [0.3, 0.4) is 0 Å². The molecule has 4 rings (SSSR count). The van der Waals surface area contributed by atoms with Crippen LogP contribution in [0, 0.1) is 11.3 Å². The third-order valence-electron chi connectivity index (χ3n) is 5.97. The van der Waals surface area contributed by atoms with Gasteiger partial charge in [-0.05, 0) is 31.0 Å². The van der Waals surface area contributed by atoms with Crippen LogP contribution < -0.4 is 4.74 Å². The fourth-order valence-corrected chi connectivity index (χ4v) is 6.11. The van der Waals surface area contributed by atoms with Crippen molar-refractivity contribution in [3.05, 3.63) is 38.8 Å². The molecule has 148 valence electrons. The van der Waals surface area contributed by atoms with Crippen LogP contribution in [0.15, 0.2) is 33.3 Å². The van der Waals surface area contributed by atoms with E-state index >= 15 is 0 Å². The Morgan fingerprint density at radius 2 is 2.07 bits per heavy atom. The van der Waals surface area contributed by atoms with Crippen molar-refractivity contribution >= 4 is 33.6 Å². The molecule has 1 saturated heterocycles. The number of halogens is 1. The lowest BCUT2D eigenvalue weighted by Gasteiger charge is -2.44. The summed E-state index contributed by atoms with van der Waals surface area (Å²) in [6, 6.07) is 8.73. The monoisotopic (exact) mass is 461 g/mol. The Kier molecular flexibility index (Phi) is 6.00. The summed E-state index contributed by atoms with van der Waals surface area (Å²) in [5, 5.41) is 10.8. The molecule has 7 heteroatoms. The maximum Gasteiger partial charge on any atom is 0.229 e. The van der Waals surface area contributed by atoms with Gasteiger partial charge in [0.15, 0.2) is 0 Å². The first-order chi connectivity index (χ1) is 13.6. The first-order valence-electron chi connectivity index (χ1n) is 9.77. The van der Waals surface area contributed by atoms with Crippen LogP contribution in [0.1, 0.15) is 50.0 Å². The predicted molar refractivity (Wildman–Crippen MR) is 114 cm³/mol. The third-order valence-corrected chi connectivity index (χ3v) is 7.64. The number of hydrogen-bond donors (Lipinski definition) is 0. The fourth-order valence-electron chi connectivity index (χ4n) is 4.50. The SMILES string of the molecule is COc1ccc(Br)cc1C1CC(=O)N2CN(C3CCCCC3)CSC2=C1C#N. The normalized spacial score (nSPS) is 24.1. The largest absolute Gasteiger partial charge is 0.496 e. The molecule has 2 heterocycles. The smallest absolute Gasteiger partial charge is 0.229 e. The second-order valence-electron chi connectivity index (χ2n) is 7.59. The Bertz CT molecular complexity index is 845. The van der Waals surface area contributed by atoms with Gasteiger partial charge in [-0.3, -0.25) is 14.6 Å². The number of nitrogens with zero attached hydrogens (tertiary/aromatic N) is 3. The molecule has 2 aliphatic heterocycles. The van der Waals surface area contributed by atoms with E-state index in [1.807, 2.05) is 23.1 Å². The number of ether oxygens (including phenoxy) is 1. The first kappa shape index (κ1) is 19.8. The number of carbonyl (C=O) groups excluding carboxylic acids is 1. The van der Waals surface area contributed by atoms with E-state index < -0.39 is 0 Å². The van der Waals surface area contributed by atoms with Gasteiger partial charge in [0, 0.05) is 28.4 Å². The molecule has 0 spiro atoms. The van der Waals surface area contributed by atoms with Gasteiger partial charge in [-0.2, -0.15) is 5.26 Å². The molecule has 2 fully saturated rings. The van der Waals surface area contributed by atoms with Crippen molar-refractivity contribution in [3.8, 4) is 11.8 Å². The van der Waals surface area contributed by atoms with Crippen molar-refractivity contribution in [1.82, 2.24) is 9.80 Å². The lowest BCUT2D eigenvalue weighted by atomic mass is 9.86. The van der Waals surface area contributed by atoms with Gasteiger partial charge in [0.2, 0.25) is 5.91 Å². The topological polar surface area (TPSA) is 56.6 Å². The Balaban J connectivity index is 1.65. The molecular weight excluding hydrogens is 438 g/mol. The number of nitriles is 1. The van der Waals surface area contributed by atoms with Gasteiger partial charge in [0.05, 0.1) is 36.3 Å². The van der Waals surface area contributed by atoms with Crippen LogP contribution in [0.2, 0.25) is 0 Å². The molecule has 1 saturated carbocycles. The van der Waals surface area contributed by atoms with E-state index in [1.54, 1.807) is 18.9 Å². The van der Waals surface area contributed by atoms with E-state index in [-0.39, 0.29) is 11.8 Å². The van der Waals surface area contributed by atoms with Gasteiger partial charge >= 0.3 is 0 Å². The minimum atomic E-state index is -0.259. The summed E-state index contributed by atoms with van der Waals surface area (Å²) in [6.07, 6.45) is 6.60. The highest BCUT2D eigenvalue weighted by Crippen LogP contribution is 2.45. The van der Waals surface area contributed by atoms with Crippen LogP contribution in [-0.4, -0.2) is 41.4 Å². The van der Waals surface area contributed by atoms with Gasteiger partial charge in [-0.15, -0.1) is 0 Å². The van der Waals surface area contributed by atoms with Gasteiger partial charge < -0.3 is 4.74 Å². The second kappa shape index (κ2) is 8.48. The first-order valence-corrected chi connectivity index (χ1v) is 11.5. The van der Waals surface area contributed by atoms with Crippen molar-refractivity contribution in [2.75, 3.05) is 19.7 Å². The van der Waals surface area contributed by atoms with E-state index in [0.717, 1.165) is 20.9 Å². The average Bonchev–Trinajstić information content (AvgIpc) is 2.74. The summed E-state index contributed by atoms with van der Waals surface area (Å²) in [6.45, 7) is 0.610. The predicted octanol–water partition coefficient (Wildman–Crippen LogP) is 4.81. The quantitative estimate of drug-likeness (QED) is 0.646. The zero-order chi connectivity index (χ0) is 19.7. The number of fused-ring (bicyclic) bond motifs is 1. The van der Waals surface area contributed by atoms with E-state index in [9.17, 15) is 10.1 Å². The Hall–Kier alpha value is -1.49. The van der Waals surface area contributed by atoms with Crippen LogP contribution in [0.5, 0.6) is 5.75 Å². The maximum atomic E-state index is 13.1. The van der Waals surface area contributed by atoms with Crippen molar-refractivity contribution in [3.63, 3.8) is 0 Å². The molecule has 0 N–H and O–H groups in total. The Morgan fingerprint density at radius 3 is 2.79 bits per heavy atom. The molecule has 28 heavy (non-hydrogen) atoms. The summed E-state index contributed by atoms with van der Waals surface area (Å²) >= 11 is 5.15. The number of benzene rings is 1. The van der Waals surface area contributed by atoms with Crippen LogP contribution in [0.4, 0.5) is 0 Å². The molecule has 1 aliphatic carbocycles. The molecule has 1 aromatic carbocycles. The van der Waals surface area contributed by atoms with Crippen molar-refractivity contribution in [2.24, 2.45) is 0 Å².